The average molecular weight is 373 g/mol. The second kappa shape index (κ2) is 6.62. The van der Waals surface area contributed by atoms with Gasteiger partial charge < -0.3 is 15.1 Å². The maximum absolute atomic E-state index is 12.0. The Kier molecular flexibility index (Phi) is 4.38. The van der Waals surface area contributed by atoms with Gasteiger partial charge in [0, 0.05) is 11.4 Å². The van der Waals surface area contributed by atoms with Crippen LogP contribution in [0.15, 0.2) is 57.6 Å². The van der Waals surface area contributed by atoms with Gasteiger partial charge in [-0.15, -0.1) is 5.10 Å². The number of halogens is 1. The number of benzene rings is 1. The first kappa shape index (κ1) is 15.2. The van der Waals surface area contributed by atoms with Crippen molar-refractivity contribution in [2.24, 2.45) is 0 Å². The van der Waals surface area contributed by atoms with Crippen LogP contribution in [0.25, 0.3) is 0 Å². The zero-order chi connectivity index (χ0) is 16.2. The van der Waals surface area contributed by atoms with Gasteiger partial charge in [-0.2, -0.15) is 5.10 Å². The Morgan fingerprint density at radius 2 is 1.74 bits per heavy atom. The molecule has 0 saturated carbocycles. The molecular formula is C16H13BrN4O2. The van der Waals surface area contributed by atoms with Crippen LogP contribution >= 0.6 is 15.9 Å². The summed E-state index contributed by atoms with van der Waals surface area (Å²) in [6.07, 6.45) is 0. The summed E-state index contributed by atoms with van der Waals surface area (Å²) < 4.78 is 5.72. The minimum atomic E-state index is -0.305. The van der Waals surface area contributed by atoms with Crippen LogP contribution in [0.3, 0.4) is 0 Å². The topological polar surface area (TPSA) is 80.0 Å². The van der Waals surface area contributed by atoms with Crippen LogP contribution in [0.1, 0.15) is 16.2 Å². The lowest BCUT2D eigenvalue weighted by atomic mass is 10.2. The van der Waals surface area contributed by atoms with E-state index in [0.29, 0.717) is 16.2 Å². The third-order valence-electron chi connectivity index (χ3n) is 3.01. The van der Waals surface area contributed by atoms with Crippen LogP contribution in [-0.4, -0.2) is 16.1 Å². The molecule has 0 saturated heterocycles. The summed E-state index contributed by atoms with van der Waals surface area (Å²) >= 11 is 3.17. The number of hydrogen-bond acceptors (Lipinski definition) is 5. The molecule has 3 rings (SSSR count). The van der Waals surface area contributed by atoms with Gasteiger partial charge in [-0.3, -0.25) is 4.79 Å². The smallest absolute Gasteiger partial charge is 0.291 e. The maximum atomic E-state index is 12.0. The van der Waals surface area contributed by atoms with Gasteiger partial charge in [0.15, 0.2) is 16.2 Å². The third kappa shape index (κ3) is 3.95. The number of rotatable bonds is 4. The van der Waals surface area contributed by atoms with Crippen LogP contribution < -0.4 is 10.6 Å². The molecule has 6 nitrogen and oxygen atoms in total. The van der Waals surface area contributed by atoms with Crippen molar-refractivity contribution in [3.05, 3.63) is 64.7 Å². The van der Waals surface area contributed by atoms with Gasteiger partial charge in [-0.1, -0.05) is 0 Å². The molecule has 0 fully saturated rings. The van der Waals surface area contributed by atoms with Crippen molar-refractivity contribution in [2.45, 2.75) is 6.92 Å². The first-order valence-electron chi connectivity index (χ1n) is 6.84. The molecule has 1 aromatic carbocycles. The molecule has 2 N–H and O–H groups in total. The molecule has 1 amide bonds. The lowest BCUT2D eigenvalue weighted by Gasteiger charge is -2.07. The van der Waals surface area contributed by atoms with E-state index in [-0.39, 0.29) is 11.7 Å². The molecule has 0 aliphatic rings. The zero-order valence-corrected chi connectivity index (χ0v) is 13.8. The van der Waals surface area contributed by atoms with Crippen LogP contribution in [0, 0.1) is 6.92 Å². The molecule has 23 heavy (non-hydrogen) atoms. The van der Waals surface area contributed by atoms with E-state index in [4.69, 9.17) is 4.42 Å². The molecule has 0 radical (unpaired) electrons. The van der Waals surface area contributed by atoms with Crippen LogP contribution in [0.5, 0.6) is 0 Å². The fraction of sp³-hybridized carbons (Fsp3) is 0.0625. The molecule has 3 aromatic rings. The predicted molar refractivity (Wildman–Crippen MR) is 90.9 cm³/mol. The SMILES string of the molecule is Cc1ccc(Nc2ccc(NC(=O)c3ccc(Br)o3)cc2)nn1. The number of amides is 1. The molecular weight excluding hydrogens is 360 g/mol. The summed E-state index contributed by atoms with van der Waals surface area (Å²) in [6.45, 7) is 1.88. The highest BCUT2D eigenvalue weighted by Crippen LogP contribution is 2.19. The quantitative estimate of drug-likeness (QED) is 0.719. The zero-order valence-electron chi connectivity index (χ0n) is 12.2. The van der Waals surface area contributed by atoms with E-state index in [0.717, 1.165) is 11.4 Å². The van der Waals surface area contributed by atoms with E-state index in [9.17, 15) is 4.79 Å². The van der Waals surface area contributed by atoms with Crippen LogP contribution in [-0.2, 0) is 0 Å². The van der Waals surface area contributed by atoms with Crippen molar-refractivity contribution >= 4 is 39.0 Å². The molecule has 0 unspecified atom stereocenters. The monoisotopic (exact) mass is 372 g/mol. The van der Waals surface area contributed by atoms with Gasteiger partial charge in [0.1, 0.15) is 0 Å². The number of furan rings is 1. The highest BCUT2D eigenvalue weighted by Gasteiger charge is 2.10. The molecule has 116 valence electrons. The largest absolute Gasteiger partial charge is 0.444 e. The molecule has 0 aliphatic carbocycles. The standard InChI is InChI=1S/C16H13BrN4O2/c1-10-2-9-15(21-20-10)18-11-3-5-12(6-4-11)19-16(22)13-7-8-14(17)23-13/h2-9H,1H3,(H,18,21)(H,19,22). The Balaban J connectivity index is 1.65. The Morgan fingerprint density at radius 3 is 2.35 bits per heavy atom. The normalized spacial score (nSPS) is 10.3. The Hall–Kier alpha value is -2.67. The number of carbonyl (C=O) groups is 1. The molecule has 0 bridgehead atoms. The lowest BCUT2D eigenvalue weighted by molar-refractivity contribution is 0.0995. The molecule has 2 aromatic heterocycles. The Morgan fingerprint density at radius 1 is 1.00 bits per heavy atom. The van der Waals surface area contributed by atoms with E-state index < -0.39 is 0 Å². The molecule has 7 heteroatoms. The van der Waals surface area contributed by atoms with Gasteiger partial charge in [0.05, 0.1) is 5.69 Å². The molecule has 0 atom stereocenters. The highest BCUT2D eigenvalue weighted by molar-refractivity contribution is 9.10. The average Bonchev–Trinajstić information content (AvgIpc) is 2.98. The maximum Gasteiger partial charge on any atom is 0.291 e. The number of hydrogen-bond donors (Lipinski definition) is 2. The summed E-state index contributed by atoms with van der Waals surface area (Å²) in [5.74, 6) is 0.600. The summed E-state index contributed by atoms with van der Waals surface area (Å²) in [7, 11) is 0. The number of aromatic nitrogens is 2. The predicted octanol–water partition coefficient (Wildman–Crippen LogP) is 4.14. The van der Waals surface area contributed by atoms with Gasteiger partial charge in [-0.25, -0.2) is 0 Å². The highest BCUT2D eigenvalue weighted by atomic mass is 79.9. The summed E-state index contributed by atoms with van der Waals surface area (Å²) in [5, 5.41) is 13.9. The third-order valence-corrected chi connectivity index (χ3v) is 3.44. The van der Waals surface area contributed by atoms with Gasteiger partial charge in [0.2, 0.25) is 0 Å². The van der Waals surface area contributed by atoms with E-state index in [1.54, 1.807) is 24.3 Å². The van der Waals surface area contributed by atoms with Gasteiger partial charge >= 0.3 is 0 Å². The van der Waals surface area contributed by atoms with Gasteiger partial charge in [0.25, 0.3) is 5.91 Å². The van der Waals surface area contributed by atoms with Crippen molar-refractivity contribution in [2.75, 3.05) is 10.6 Å². The van der Waals surface area contributed by atoms with E-state index in [2.05, 4.69) is 36.8 Å². The molecule has 0 aliphatic heterocycles. The minimum Gasteiger partial charge on any atom is -0.444 e. The first-order chi connectivity index (χ1) is 11.1. The molecule has 2 heterocycles. The van der Waals surface area contributed by atoms with E-state index >= 15 is 0 Å². The van der Waals surface area contributed by atoms with Crippen molar-refractivity contribution < 1.29 is 9.21 Å². The summed E-state index contributed by atoms with van der Waals surface area (Å²) in [5.41, 5.74) is 2.38. The number of nitrogens with one attached hydrogen (secondary N) is 2. The minimum absolute atomic E-state index is 0.244. The van der Waals surface area contributed by atoms with Gasteiger partial charge in [-0.05, 0) is 71.4 Å². The van der Waals surface area contributed by atoms with Crippen molar-refractivity contribution in [3.63, 3.8) is 0 Å². The van der Waals surface area contributed by atoms with E-state index in [1.807, 2.05) is 31.2 Å². The first-order valence-corrected chi connectivity index (χ1v) is 7.63. The fourth-order valence-corrected chi connectivity index (χ4v) is 2.19. The second-order valence-corrected chi connectivity index (χ2v) is 5.60. The van der Waals surface area contributed by atoms with E-state index in [1.165, 1.54) is 0 Å². The summed E-state index contributed by atoms with van der Waals surface area (Å²) in [6, 6.07) is 14.3. The Labute approximate surface area is 141 Å². The number of nitrogens with zero attached hydrogens (tertiary/aromatic N) is 2. The van der Waals surface area contributed by atoms with Crippen LogP contribution in [0.2, 0.25) is 0 Å². The molecule has 0 spiro atoms. The number of aryl methyl sites for hydroxylation is 1. The fourth-order valence-electron chi connectivity index (χ4n) is 1.88. The number of anilines is 3. The lowest BCUT2D eigenvalue weighted by Crippen LogP contribution is -2.10. The van der Waals surface area contributed by atoms with Crippen molar-refractivity contribution in [1.82, 2.24) is 10.2 Å². The van der Waals surface area contributed by atoms with Crippen molar-refractivity contribution in [1.29, 1.82) is 0 Å². The number of carbonyl (C=O) groups excluding carboxylic acids is 1. The summed E-state index contributed by atoms with van der Waals surface area (Å²) in [4.78, 5) is 12.0. The van der Waals surface area contributed by atoms with Crippen LogP contribution in [0.4, 0.5) is 17.2 Å². The van der Waals surface area contributed by atoms with Crippen molar-refractivity contribution in [3.8, 4) is 0 Å². The second-order valence-electron chi connectivity index (χ2n) is 4.82. The Bertz CT molecular complexity index is 813.